The summed E-state index contributed by atoms with van der Waals surface area (Å²) in [6.07, 6.45) is 7.90. The van der Waals surface area contributed by atoms with Gasteiger partial charge in [0.2, 0.25) is 0 Å². The lowest BCUT2D eigenvalue weighted by molar-refractivity contribution is 0.0600. The Labute approximate surface area is 246 Å². The molecule has 41 heavy (non-hydrogen) atoms. The van der Waals surface area contributed by atoms with Gasteiger partial charge in [0.15, 0.2) is 11.4 Å². The summed E-state index contributed by atoms with van der Waals surface area (Å²) >= 11 is 1.19. The molecule has 1 N–H and O–H groups in total. The summed E-state index contributed by atoms with van der Waals surface area (Å²) in [4.78, 5) is 23.5. The zero-order valence-electron chi connectivity index (χ0n) is 24.0. The minimum absolute atomic E-state index is 0.0395. The van der Waals surface area contributed by atoms with E-state index in [0.717, 1.165) is 37.1 Å². The molecule has 3 saturated heterocycles. The molecule has 2 aromatic carbocycles. The minimum atomic E-state index is -0.143. The number of hydrogen-bond acceptors (Lipinski definition) is 6. The fraction of sp³-hybridized carbons (Fsp3) is 0.485. The number of aryl methyl sites for hydroxylation is 2. The van der Waals surface area contributed by atoms with Crippen molar-refractivity contribution >= 4 is 28.5 Å². The van der Waals surface area contributed by atoms with Crippen LogP contribution in [0, 0.1) is 13.8 Å². The van der Waals surface area contributed by atoms with Gasteiger partial charge >= 0.3 is 0 Å². The van der Waals surface area contributed by atoms with Gasteiger partial charge in [0.05, 0.1) is 15.9 Å². The highest BCUT2D eigenvalue weighted by Gasteiger charge is 2.44. The number of aromatic hydroxyl groups is 1. The van der Waals surface area contributed by atoms with Crippen molar-refractivity contribution in [2.75, 3.05) is 19.6 Å². The molecular weight excluding hydrogens is 530 g/mol. The number of carbonyl (C=O) groups excluding carboxylic acids is 1. The third-order valence-electron chi connectivity index (χ3n) is 10.3. The average Bonchev–Trinajstić information content (AvgIpc) is 3.60. The molecule has 2 bridgehead atoms. The largest absolute Gasteiger partial charge is 0.504 e. The van der Waals surface area contributed by atoms with Gasteiger partial charge in [0, 0.05) is 31.2 Å². The summed E-state index contributed by atoms with van der Waals surface area (Å²) in [5, 5.41) is 10.3. The Balaban J connectivity index is 1.07. The maximum atomic E-state index is 13.2. The van der Waals surface area contributed by atoms with Crippen LogP contribution in [0.15, 0.2) is 54.6 Å². The second kappa shape index (κ2) is 10.6. The van der Waals surface area contributed by atoms with Gasteiger partial charge in [0.25, 0.3) is 5.91 Å². The van der Waals surface area contributed by atoms with E-state index in [1.807, 2.05) is 4.90 Å². The number of nitrogens with zero attached hydrogens (tertiary/aromatic N) is 5. The topological polar surface area (TPSA) is 74.5 Å². The van der Waals surface area contributed by atoms with Crippen LogP contribution in [0.3, 0.4) is 0 Å². The molecule has 5 heterocycles. The van der Waals surface area contributed by atoms with Crippen LogP contribution in [-0.2, 0) is 5.41 Å². The van der Waals surface area contributed by atoms with E-state index in [1.165, 1.54) is 48.3 Å². The lowest BCUT2D eigenvalue weighted by Crippen LogP contribution is -2.49. The second-order valence-electron chi connectivity index (χ2n) is 12.4. The van der Waals surface area contributed by atoms with E-state index in [1.54, 1.807) is 6.92 Å². The van der Waals surface area contributed by atoms with Crippen LogP contribution < -0.4 is 0 Å². The number of para-hydroxylation sites is 2. The lowest BCUT2D eigenvalue weighted by Gasteiger charge is -2.45. The maximum absolute atomic E-state index is 13.2. The Morgan fingerprint density at radius 1 is 0.976 bits per heavy atom. The normalized spacial score (nSPS) is 24.2. The Bertz CT molecular complexity index is 1540. The number of rotatable bonds is 6. The number of amides is 1. The molecule has 3 aliphatic rings. The van der Waals surface area contributed by atoms with Crippen molar-refractivity contribution in [1.82, 2.24) is 23.7 Å². The molecule has 0 radical (unpaired) electrons. The first-order valence-corrected chi connectivity index (χ1v) is 15.9. The van der Waals surface area contributed by atoms with E-state index in [2.05, 4.69) is 75.4 Å². The van der Waals surface area contributed by atoms with Crippen LogP contribution in [0.4, 0.5) is 0 Å². The molecule has 1 unspecified atom stereocenters. The number of aromatic nitrogens is 3. The summed E-state index contributed by atoms with van der Waals surface area (Å²) in [7, 11) is 0. The molecule has 0 spiro atoms. The van der Waals surface area contributed by atoms with Gasteiger partial charge < -0.3 is 14.6 Å². The zero-order valence-corrected chi connectivity index (χ0v) is 24.8. The van der Waals surface area contributed by atoms with E-state index in [9.17, 15) is 9.90 Å². The van der Waals surface area contributed by atoms with Crippen LogP contribution in [-0.4, -0.2) is 66.5 Å². The number of fused-ring (bicyclic) bond motifs is 3. The number of carbonyl (C=O) groups is 1. The Hall–Kier alpha value is -3.23. The first kappa shape index (κ1) is 26.7. The van der Waals surface area contributed by atoms with E-state index < -0.39 is 0 Å². The number of piperidine rings is 2. The molecule has 3 fully saturated rings. The average molecular weight is 570 g/mol. The van der Waals surface area contributed by atoms with Gasteiger partial charge in [-0.2, -0.15) is 4.37 Å². The number of imidazole rings is 1. The van der Waals surface area contributed by atoms with Crippen molar-refractivity contribution in [2.24, 2.45) is 0 Å². The van der Waals surface area contributed by atoms with Gasteiger partial charge in [-0.1, -0.05) is 42.5 Å². The third kappa shape index (κ3) is 4.65. The fourth-order valence-electron chi connectivity index (χ4n) is 8.06. The minimum Gasteiger partial charge on any atom is -0.504 e. The van der Waals surface area contributed by atoms with E-state index in [0.29, 0.717) is 36.1 Å². The molecule has 8 heteroatoms. The van der Waals surface area contributed by atoms with Crippen LogP contribution in [0.5, 0.6) is 5.75 Å². The predicted octanol–water partition coefficient (Wildman–Crippen LogP) is 6.25. The summed E-state index contributed by atoms with van der Waals surface area (Å²) < 4.78 is 6.75. The first-order chi connectivity index (χ1) is 19.9. The smallest absolute Gasteiger partial charge is 0.277 e. The first-order valence-electron chi connectivity index (χ1n) is 15.1. The molecule has 3 atom stereocenters. The van der Waals surface area contributed by atoms with Crippen molar-refractivity contribution in [3.8, 4) is 5.75 Å². The van der Waals surface area contributed by atoms with Gasteiger partial charge in [-0.05, 0) is 100.0 Å². The highest BCUT2D eigenvalue weighted by Crippen LogP contribution is 2.45. The van der Waals surface area contributed by atoms with Gasteiger partial charge in [-0.25, -0.2) is 4.98 Å². The molecule has 7 rings (SSSR count). The number of likely N-dealkylation sites (tertiary alicyclic amines) is 1. The van der Waals surface area contributed by atoms with Gasteiger partial charge in [-0.3, -0.25) is 9.69 Å². The lowest BCUT2D eigenvalue weighted by atomic mass is 9.70. The van der Waals surface area contributed by atoms with Crippen molar-refractivity contribution in [3.05, 3.63) is 76.6 Å². The van der Waals surface area contributed by atoms with E-state index in [-0.39, 0.29) is 22.8 Å². The monoisotopic (exact) mass is 569 g/mol. The SMILES string of the molecule is Cc1snc(C(=O)N2CCC(CCN3[C@@H]4CC[C@H]3CC(n3c(C)nc5ccccc53)C4)(c3ccccc3)CC2)c1O. The van der Waals surface area contributed by atoms with Crippen LogP contribution in [0.25, 0.3) is 11.0 Å². The molecule has 4 aromatic rings. The highest BCUT2D eigenvalue weighted by atomic mass is 32.1. The number of hydrogen-bond donors (Lipinski definition) is 1. The third-order valence-corrected chi connectivity index (χ3v) is 11.0. The summed E-state index contributed by atoms with van der Waals surface area (Å²) in [5.74, 6) is 1.03. The molecular formula is C33H39N5O2S. The molecule has 7 nitrogen and oxygen atoms in total. The van der Waals surface area contributed by atoms with E-state index >= 15 is 0 Å². The summed E-state index contributed by atoms with van der Waals surface area (Å²) in [5.41, 5.74) is 4.02. The molecule has 0 saturated carbocycles. The van der Waals surface area contributed by atoms with Crippen LogP contribution in [0.1, 0.15) is 77.7 Å². The summed E-state index contributed by atoms with van der Waals surface area (Å²) in [6, 6.07) is 21.3. The fourth-order valence-corrected chi connectivity index (χ4v) is 8.64. The standard InChI is InChI=1S/C33H39N5O2S/c1-22-31(39)30(35-41-22)32(40)36-17-14-33(15-18-36,24-8-4-3-5-9-24)16-19-37-25-12-13-26(37)21-27(20-25)38-23(2)34-28-10-6-7-11-29(28)38/h3-11,25-27,39H,12-21H2,1-2H3/t25-,26+,27?. The predicted molar refractivity (Wildman–Crippen MR) is 163 cm³/mol. The zero-order chi connectivity index (χ0) is 28.1. The Morgan fingerprint density at radius 3 is 2.34 bits per heavy atom. The molecule has 2 aromatic heterocycles. The van der Waals surface area contributed by atoms with Gasteiger partial charge in [-0.15, -0.1) is 0 Å². The number of benzene rings is 2. The van der Waals surface area contributed by atoms with Crippen LogP contribution in [0.2, 0.25) is 0 Å². The van der Waals surface area contributed by atoms with E-state index in [4.69, 9.17) is 4.98 Å². The molecule has 1 amide bonds. The van der Waals surface area contributed by atoms with Crippen molar-refractivity contribution in [2.45, 2.75) is 82.3 Å². The van der Waals surface area contributed by atoms with Crippen molar-refractivity contribution < 1.29 is 9.90 Å². The molecule has 214 valence electrons. The molecule has 0 aliphatic carbocycles. The highest BCUT2D eigenvalue weighted by molar-refractivity contribution is 7.06. The van der Waals surface area contributed by atoms with Crippen molar-refractivity contribution in [3.63, 3.8) is 0 Å². The summed E-state index contributed by atoms with van der Waals surface area (Å²) in [6.45, 7) is 6.43. The molecule has 3 aliphatic heterocycles. The second-order valence-corrected chi connectivity index (χ2v) is 13.4. The van der Waals surface area contributed by atoms with Crippen LogP contribution >= 0.6 is 11.5 Å². The van der Waals surface area contributed by atoms with Crippen molar-refractivity contribution in [1.29, 1.82) is 0 Å². The Morgan fingerprint density at radius 2 is 1.66 bits per heavy atom. The quantitative estimate of drug-likeness (QED) is 0.297. The van der Waals surface area contributed by atoms with Gasteiger partial charge in [0.1, 0.15) is 5.82 Å². The maximum Gasteiger partial charge on any atom is 0.277 e. The Kier molecular flexibility index (Phi) is 6.86.